The summed E-state index contributed by atoms with van der Waals surface area (Å²) in [6.07, 6.45) is 1.27. The normalized spacial score (nSPS) is 11.3. The lowest BCUT2D eigenvalue weighted by Gasteiger charge is -2.08. The van der Waals surface area contributed by atoms with E-state index >= 15 is 0 Å². The summed E-state index contributed by atoms with van der Waals surface area (Å²) in [5, 5.41) is 16.9. The lowest BCUT2D eigenvalue weighted by Crippen LogP contribution is -2.20. The molecule has 0 saturated carbocycles. The predicted molar refractivity (Wildman–Crippen MR) is 139 cm³/mol. The van der Waals surface area contributed by atoms with Gasteiger partial charge in [0, 0.05) is 11.6 Å². The number of amides is 1. The van der Waals surface area contributed by atoms with Gasteiger partial charge in [0.2, 0.25) is 5.82 Å². The molecular weight excluding hydrogens is 494 g/mol. The number of hydrogen-bond donors (Lipinski definition) is 1. The van der Waals surface area contributed by atoms with Gasteiger partial charge in [-0.1, -0.05) is 18.2 Å². The van der Waals surface area contributed by atoms with Crippen molar-refractivity contribution in [2.45, 2.75) is 0 Å². The van der Waals surface area contributed by atoms with Gasteiger partial charge in [-0.15, -0.1) is 0 Å². The van der Waals surface area contributed by atoms with Gasteiger partial charge in [0.15, 0.2) is 18.1 Å². The van der Waals surface area contributed by atoms with Gasteiger partial charge in [0.1, 0.15) is 11.3 Å². The Kier molecular flexibility index (Phi) is 6.27. The maximum atomic E-state index is 13.4. The first-order valence-corrected chi connectivity index (χ1v) is 11.2. The number of aromatic nitrogens is 2. The maximum Gasteiger partial charge on any atom is 0.311 e. The Morgan fingerprint density at radius 3 is 2.71 bits per heavy atom. The van der Waals surface area contributed by atoms with Crippen LogP contribution in [0.3, 0.4) is 0 Å². The molecule has 0 saturated heterocycles. The predicted octanol–water partition coefficient (Wildman–Crippen LogP) is 3.47. The number of furan rings is 1. The lowest BCUT2D eigenvalue weighted by atomic mass is 10.2. The first kappa shape index (κ1) is 24.2. The third kappa shape index (κ3) is 4.53. The smallest absolute Gasteiger partial charge is 0.311 e. The van der Waals surface area contributed by atoms with Crippen LogP contribution in [0.15, 0.2) is 81.0 Å². The molecule has 0 unspecified atom stereocenters. The van der Waals surface area contributed by atoms with Crippen molar-refractivity contribution in [1.29, 1.82) is 0 Å². The number of benzene rings is 3. The number of nitrogens with zero attached hydrogens (tertiary/aromatic N) is 4. The highest BCUT2D eigenvalue weighted by Crippen LogP contribution is 2.33. The molecule has 0 atom stereocenters. The largest absolute Gasteiger partial charge is 0.496 e. The third-order valence-electron chi connectivity index (χ3n) is 5.59. The van der Waals surface area contributed by atoms with Crippen LogP contribution in [0.5, 0.6) is 11.5 Å². The van der Waals surface area contributed by atoms with Crippen LogP contribution in [0.25, 0.3) is 33.5 Å². The average Bonchev–Trinajstić information content (AvgIpc) is 3.36. The molecule has 2 aromatic heterocycles. The van der Waals surface area contributed by atoms with Crippen molar-refractivity contribution >= 4 is 39.7 Å². The molecule has 0 bridgehead atoms. The molecule has 12 nitrogen and oxygen atoms in total. The SMILES string of the molecule is COc1cccc2oc(-c3nc4ccccc4c(=O)n3N=Cc3ccc(OCC(N)=O)c([N+](=O)[O-])c3)cc12. The zero-order valence-corrected chi connectivity index (χ0v) is 19.9. The molecule has 0 spiro atoms. The molecule has 12 heteroatoms. The second-order valence-electron chi connectivity index (χ2n) is 8.04. The quantitative estimate of drug-likeness (QED) is 0.187. The minimum absolute atomic E-state index is 0.124. The van der Waals surface area contributed by atoms with E-state index in [2.05, 4.69) is 10.1 Å². The second kappa shape index (κ2) is 9.85. The van der Waals surface area contributed by atoms with Crippen LogP contribution >= 0.6 is 0 Å². The summed E-state index contributed by atoms with van der Waals surface area (Å²) in [5.41, 5.74) is 5.45. The second-order valence-corrected chi connectivity index (χ2v) is 8.04. The van der Waals surface area contributed by atoms with Crippen molar-refractivity contribution in [3.8, 4) is 23.1 Å². The molecule has 5 rings (SSSR count). The number of ether oxygens (including phenoxy) is 2. The Balaban J connectivity index is 1.64. The zero-order valence-electron chi connectivity index (χ0n) is 19.9. The molecule has 190 valence electrons. The van der Waals surface area contributed by atoms with E-state index in [1.807, 2.05) is 0 Å². The van der Waals surface area contributed by atoms with E-state index in [1.165, 1.54) is 24.4 Å². The number of methoxy groups -OCH3 is 1. The average molecular weight is 513 g/mol. The molecule has 1 amide bonds. The molecule has 0 aliphatic carbocycles. The number of carbonyl (C=O) groups is 1. The lowest BCUT2D eigenvalue weighted by molar-refractivity contribution is -0.385. The van der Waals surface area contributed by atoms with Crippen LogP contribution in [0.1, 0.15) is 5.56 Å². The van der Waals surface area contributed by atoms with Crippen LogP contribution in [0.4, 0.5) is 5.69 Å². The molecule has 3 aromatic carbocycles. The van der Waals surface area contributed by atoms with Crippen molar-refractivity contribution in [2.24, 2.45) is 10.8 Å². The Morgan fingerprint density at radius 1 is 1.13 bits per heavy atom. The number of nitrogens with two attached hydrogens (primary N) is 1. The minimum atomic E-state index is -0.774. The molecule has 0 radical (unpaired) electrons. The van der Waals surface area contributed by atoms with E-state index in [-0.39, 0.29) is 17.3 Å². The standard InChI is InChI=1S/C26H19N5O7/c1-36-20-7-4-8-21-17(20)12-23(38-21)25-29-18-6-3-2-5-16(18)26(33)30(25)28-13-15-9-10-22(37-14-24(27)32)19(11-15)31(34)35/h2-13H,14H2,1H3,(H2,27,32). The summed E-state index contributed by atoms with van der Waals surface area (Å²) >= 11 is 0. The number of rotatable bonds is 8. The molecule has 38 heavy (non-hydrogen) atoms. The zero-order chi connectivity index (χ0) is 26.8. The molecule has 0 fully saturated rings. The van der Waals surface area contributed by atoms with Gasteiger partial charge < -0.3 is 19.6 Å². The van der Waals surface area contributed by atoms with Gasteiger partial charge in [-0.2, -0.15) is 9.78 Å². The number of nitro groups is 1. The Labute approximate surface area is 213 Å². The van der Waals surface area contributed by atoms with Gasteiger partial charge in [0.05, 0.1) is 34.5 Å². The fraction of sp³-hybridized carbons (Fsp3) is 0.0769. The molecule has 2 heterocycles. The first-order chi connectivity index (χ1) is 18.4. The summed E-state index contributed by atoms with van der Waals surface area (Å²) in [6, 6.07) is 17.8. The Bertz CT molecular complexity index is 1810. The van der Waals surface area contributed by atoms with Crippen LogP contribution < -0.4 is 20.8 Å². The maximum absolute atomic E-state index is 13.4. The number of fused-ring (bicyclic) bond motifs is 2. The summed E-state index contributed by atoms with van der Waals surface area (Å²) in [4.78, 5) is 39.9. The monoisotopic (exact) mass is 513 g/mol. The van der Waals surface area contributed by atoms with Crippen LogP contribution in [-0.4, -0.2) is 40.4 Å². The number of hydrogen-bond acceptors (Lipinski definition) is 9. The van der Waals surface area contributed by atoms with Gasteiger partial charge in [-0.05, 0) is 42.5 Å². The van der Waals surface area contributed by atoms with E-state index in [4.69, 9.17) is 19.6 Å². The molecule has 2 N–H and O–H groups in total. The molecule has 0 aliphatic heterocycles. The number of primary amides is 1. The van der Waals surface area contributed by atoms with E-state index in [0.29, 0.717) is 33.2 Å². The molecular formula is C26H19N5O7. The Morgan fingerprint density at radius 2 is 1.95 bits per heavy atom. The van der Waals surface area contributed by atoms with Crippen molar-refractivity contribution in [3.63, 3.8) is 0 Å². The van der Waals surface area contributed by atoms with Crippen molar-refractivity contribution in [1.82, 2.24) is 9.66 Å². The van der Waals surface area contributed by atoms with Crippen LogP contribution in [0, 0.1) is 10.1 Å². The fourth-order valence-electron chi connectivity index (χ4n) is 3.87. The van der Waals surface area contributed by atoms with Gasteiger partial charge in [0.25, 0.3) is 11.5 Å². The van der Waals surface area contributed by atoms with Gasteiger partial charge in [-0.3, -0.25) is 19.7 Å². The topological polar surface area (TPSA) is 165 Å². The van der Waals surface area contributed by atoms with E-state index in [9.17, 15) is 19.7 Å². The summed E-state index contributed by atoms with van der Waals surface area (Å²) < 4.78 is 17.6. The van der Waals surface area contributed by atoms with Crippen molar-refractivity contribution in [3.05, 3.63) is 92.8 Å². The first-order valence-electron chi connectivity index (χ1n) is 11.2. The molecule has 0 aliphatic rings. The number of nitro benzene ring substituents is 1. The summed E-state index contributed by atoms with van der Waals surface area (Å²) in [7, 11) is 1.54. The van der Waals surface area contributed by atoms with E-state index in [1.54, 1.807) is 55.6 Å². The minimum Gasteiger partial charge on any atom is -0.496 e. The van der Waals surface area contributed by atoms with Crippen LogP contribution in [-0.2, 0) is 4.79 Å². The molecule has 5 aromatic rings. The Hall–Kier alpha value is -5.52. The van der Waals surface area contributed by atoms with Crippen LogP contribution in [0.2, 0.25) is 0 Å². The van der Waals surface area contributed by atoms with E-state index in [0.717, 1.165) is 4.68 Å². The summed E-state index contributed by atoms with van der Waals surface area (Å²) in [6.45, 7) is -0.516. The fourth-order valence-corrected chi connectivity index (χ4v) is 3.87. The highest BCUT2D eigenvalue weighted by Gasteiger charge is 2.19. The van der Waals surface area contributed by atoms with E-state index < -0.39 is 28.7 Å². The highest BCUT2D eigenvalue weighted by atomic mass is 16.6. The van der Waals surface area contributed by atoms with Gasteiger partial charge in [-0.25, -0.2) is 4.98 Å². The van der Waals surface area contributed by atoms with Gasteiger partial charge >= 0.3 is 5.69 Å². The number of carbonyl (C=O) groups excluding carboxylic acids is 1. The third-order valence-corrected chi connectivity index (χ3v) is 5.59. The number of para-hydroxylation sites is 1. The van der Waals surface area contributed by atoms with Crippen molar-refractivity contribution in [2.75, 3.05) is 13.7 Å². The summed E-state index contributed by atoms with van der Waals surface area (Å²) in [5.74, 6) is 0.0719. The highest BCUT2D eigenvalue weighted by molar-refractivity contribution is 5.89. The van der Waals surface area contributed by atoms with Crippen molar-refractivity contribution < 1.29 is 23.6 Å².